The van der Waals surface area contributed by atoms with Crippen LogP contribution in [0.25, 0.3) is 0 Å². The van der Waals surface area contributed by atoms with Crippen molar-refractivity contribution in [1.29, 1.82) is 0 Å². The van der Waals surface area contributed by atoms with Crippen molar-refractivity contribution in [3.8, 4) is 5.75 Å². The average molecular weight is 299 g/mol. The standard InChI is InChI=1S/C9H6BrF3O3/c1-15-8(14)7-5(11)2-4(10)3-6(7)16-9(12)13/h2-3,9H,1H3. The van der Waals surface area contributed by atoms with E-state index in [1.807, 2.05) is 0 Å². The monoisotopic (exact) mass is 298 g/mol. The maximum Gasteiger partial charge on any atom is 0.387 e. The number of methoxy groups -OCH3 is 1. The summed E-state index contributed by atoms with van der Waals surface area (Å²) in [4.78, 5) is 11.1. The van der Waals surface area contributed by atoms with Gasteiger partial charge >= 0.3 is 12.6 Å². The molecule has 16 heavy (non-hydrogen) atoms. The minimum absolute atomic E-state index is 0.174. The Hall–Kier alpha value is -1.24. The van der Waals surface area contributed by atoms with E-state index >= 15 is 0 Å². The van der Waals surface area contributed by atoms with Gasteiger partial charge in [-0.05, 0) is 12.1 Å². The highest BCUT2D eigenvalue weighted by Crippen LogP contribution is 2.28. The number of alkyl halides is 2. The molecular formula is C9H6BrF3O3. The first kappa shape index (κ1) is 12.8. The fraction of sp³-hybridized carbons (Fsp3) is 0.222. The molecule has 0 spiro atoms. The van der Waals surface area contributed by atoms with Crippen LogP contribution in [0.4, 0.5) is 13.2 Å². The minimum Gasteiger partial charge on any atom is -0.465 e. The molecule has 0 aliphatic carbocycles. The number of halogens is 4. The van der Waals surface area contributed by atoms with Crippen LogP contribution < -0.4 is 4.74 Å². The molecule has 0 radical (unpaired) electrons. The van der Waals surface area contributed by atoms with E-state index in [2.05, 4.69) is 25.4 Å². The number of carbonyl (C=O) groups is 1. The van der Waals surface area contributed by atoms with E-state index < -0.39 is 29.7 Å². The third-order valence-corrected chi connectivity index (χ3v) is 2.08. The summed E-state index contributed by atoms with van der Waals surface area (Å²) in [5.41, 5.74) is -0.661. The van der Waals surface area contributed by atoms with Crippen LogP contribution in [0.15, 0.2) is 16.6 Å². The van der Waals surface area contributed by atoms with Crippen molar-refractivity contribution in [2.24, 2.45) is 0 Å². The molecule has 1 rings (SSSR count). The summed E-state index contributed by atoms with van der Waals surface area (Å²) in [6.07, 6.45) is 0. The molecule has 0 heterocycles. The first-order valence-electron chi connectivity index (χ1n) is 3.98. The first-order chi connectivity index (χ1) is 7.45. The second kappa shape index (κ2) is 5.20. The summed E-state index contributed by atoms with van der Waals surface area (Å²) >= 11 is 2.89. The van der Waals surface area contributed by atoms with Crippen LogP contribution in [-0.4, -0.2) is 19.7 Å². The lowest BCUT2D eigenvalue weighted by Crippen LogP contribution is -2.11. The predicted molar refractivity (Wildman–Crippen MR) is 52.1 cm³/mol. The highest BCUT2D eigenvalue weighted by molar-refractivity contribution is 9.10. The van der Waals surface area contributed by atoms with Crippen LogP contribution in [0.2, 0.25) is 0 Å². The van der Waals surface area contributed by atoms with Crippen LogP contribution in [0, 0.1) is 5.82 Å². The highest BCUT2D eigenvalue weighted by Gasteiger charge is 2.22. The van der Waals surface area contributed by atoms with Gasteiger partial charge < -0.3 is 9.47 Å². The van der Waals surface area contributed by atoms with Crippen molar-refractivity contribution in [3.05, 3.63) is 28.0 Å². The number of hydrogen-bond acceptors (Lipinski definition) is 3. The van der Waals surface area contributed by atoms with Gasteiger partial charge in [0.2, 0.25) is 0 Å². The molecule has 1 aromatic carbocycles. The van der Waals surface area contributed by atoms with E-state index in [1.165, 1.54) is 0 Å². The van der Waals surface area contributed by atoms with E-state index in [0.29, 0.717) is 0 Å². The average Bonchev–Trinajstić information content (AvgIpc) is 2.14. The molecule has 0 atom stereocenters. The summed E-state index contributed by atoms with van der Waals surface area (Å²) in [6, 6.07) is 2.01. The summed E-state index contributed by atoms with van der Waals surface area (Å²) in [5, 5.41) is 0. The van der Waals surface area contributed by atoms with Gasteiger partial charge in [-0.15, -0.1) is 0 Å². The Balaban J connectivity index is 3.26. The zero-order valence-corrected chi connectivity index (χ0v) is 9.55. The Kier molecular flexibility index (Phi) is 4.17. The summed E-state index contributed by atoms with van der Waals surface area (Å²) in [7, 11) is 1.01. The van der Waals surface area contributed by atoms with Gasteiger partial charge in [0, 0.05) is 4.47 Å². The second-order valence-corrected chi connectivity index (χ2v) is 3.55. The molecule has 3 nitrogen and oxygen atoms in total. The molecule has 7 heteroatoms. The van der Waals surface area contributed by atoms with Crippen molar-refractivity contribution in [1.82, 2.24) is 0 Å². The molecule has 0 aliphatic rings. The Morgan fingerprint density at radius 1 is 1.44 bits per heavy atom. The quantitative estimate of drug-likeness (QED) is 0.805. The van der Waals surface area contributed by atoms with Gasteiger partial charge in [0.15, 0.2) is 0 Å². The van der Waals surface area contributed by atoms with Crippen LogP contribution in [0.3, 0.4) is 0 Å². The lowest BCUT2D eigenvalue weighted by atomic mass is 10.2. The maximum absolute atomic E-state index is 13.3. The van der Waals surface area contributed by atoms with Gasteiger partial charge in [-0.25, -0.2) is 9.18 Å². The highest BCUT2D eigenvalue weighted by atomic mass is 79.9. The van der Waals surface area contributed by atoms with Crippen LogP contribution in [0.1, 0.15) is 10.4 Å². The largest absolute Gasteiger partial charge is 0.465 e. The van der Waals surface area contributed by atoms with Crippen molar-refractivity contribution < 1.29 is 27.4 Å². The fourth-order valence-corrected chi connectivity index (χ4v) is 1.45. The summed E-state index contributed by atoms with van der Waals surface area (Å²) < 4.78 is 45.8. The molecule has 0 aromatic heterocycles. The molecule has 0 saturated heterocycles. The third kappa shape index (κ3) is 2.88. The minimum atomic E-state index is -3.16. The lowest BCUT2D eigenvalue weighted by Gasteiger charge is -2.10. The molecule has 0 saturated carbocycles. The summed E-state index contributed by atoms with van der Waals surface area (Å²) in [5.74, 6) is -2.66. The molecule has 88 valence electrons. The third-order valence-electron chi connectivity index (χ3n) is 1.62. The van der Waals surface area contributed by atoms with Gasteiger partial charge in [0.1, 0.15) is 17.1 Å². The van der Waals surface area contributed by atoms with Gasteiger partial charge in [-0.1, -0.05) is 15.9 Å². The van der Waals surface area contributed by atoms with Crippen molar-refractivity contribution in [2.45, 2.75) is 6.61 Å². The van der Waals surface area contributed by atoms with Crippen LogP contribution >= 0.6 is 15.9 Å². The van der Waals surface area contributed by atoms with E-state index in [4.69, 9.17) is 0 Å². The molecule has 0 unspecified atom stereocenters. The van der Waals surface area contributed by atoms with E-state index in [0.717, 1.165) is 19.2 Å². The predicted octanol–water partition coefficient (Wildman–Crippen LogP) is 2.98. The number of esters is 1. The van der Waals surface area contributed by atoms with Crippen molar-refractivity contribution >= 4 is 21.9 Å². The zero-order chi connectivity index (χ0) is 12.3. The van der Waals surface area contributed by atoms with E-state index in [1.54, 1.807) is 0 Å². The molecule has 1 aromatic rings. The van der Waals surface area contributed by atoms with Gasteiger partial charge in [-0.3, -0.25) is 0 Å². The van der Waals surface area contributed by atoms with Gasteiger partial charge in [0.05, 0.1) is 7.11 Å². The number of benzene rings is 1. The number of hydrogen-bond donors (Lipinski definition) is 0. The number of rotatable bonds is 3. The Morgan fingerprint density at radius 2 is 2.06 bits per heavy atom. The van der Waals surface area contributed by atoms with Crippen molar-refractivity contribution in [2.75, 3.05) is 7.11 Å². The maximum atomic E-state index is 13.3. The molecule has 0 aliphatic heterocycles. The molecular weight excluding hydrogens is 293 g/mol. The van der Waals surface area contributed by atoms with Gasteiger partial charge in [0.25, 0.3) is 0 Å². The molecule has 0 N–H and O–H groups in total. The van der Waals surface area contributed by atoms with Crippen LogP contribution in [0.5, 0.6) is 5.75 Å². The number of carbonyl (C=O) groups excluding carboxylic acids is 1. The fourth-order valence-electron chi connectivity index (χ4n) is 1.04. The lowest BCUT2D eigenvalue weighted by molar-refractivity contribution is -0.0506. The Labute approximate surface area is 97.3 Å². The van der Waals surface area contributed by atoms with Crippen molar-refractivity contribution in [3.63, 3.8) is 0 Å². The first-order valence-corrected chi connectivity index (χ1v) is 4.77. The number of ether oxygens (including phenoxy) is 2. The van der Waals surface area contributed by atoms with Crippen LogP contribution in [-0.2, 0) is 4.74 Å². The van der Waals surface area contributed by atoms with E-state index in [9.17, 15) is 18.0 Å². The SMILES string of the molecule is COC(=O)c1c(F)cc(Br)cc1OC(F)F. The topological polar surface area (TPSA) is 35.5 Å². The Morgan fingerprint density at radius 3 is 2.56 bits per heavy atom. The summed E-state index contributed by atoms with van der Waals surface area (Å²) in [6.45, 7) is -3.16. The zero-order valence-electron chi connectivity index (χ0n) is 7.97. The van der Waals surface area contributed by atoms with E-state index in [-0.39, 0.29) is 4.47 Å². The Bertz CT molecular complexity index is 409. The molecule has 0 amide bonds. The molecule has 0 fully saturated rings. The smallest absolute Gasteiger partial charge is 0.387 e. The normalized spacial score (nSPS) is 10.4. The second-order valence-electron chi connectivity index (χ2n) is 2.63. The molecule has 0 bridgehead atoms. The van der Waals surface area contributed by atoms with Gasteiger partial charge in [-0.2, -0.15) is 8.78 Å².